The van der Waals surface area contributed by atoms with Gasteiger partial charge in [0.25, 0.3) is 0 Å². The summed E-state index contributed by atoms with van der Waals surface area (Å²) in [6.45, 7) is 4.31. The average molecular weight is 658 g/mol. The zero-order valence-corrected chi connectivity index (χ0v) is 28.0. The fourth-order valence-electron chi connectivity index (χ4n) is 7.89. The van der Waals surface area contributed by atoms with Gasteiger partial charge < -0.3 is 28.9 Å². The first-order valence-corrected chi connectivity index (χ1v) is 17.4. The summed E-state index contributed by atoms with van der Waals surface area (Å²) in [5.74, 6) is 2.63. The number of ether oxygens (including phenoxy) is 3. The van der Waals surface area contributed by atoms with Gasteiger partial charge in [0.15, 0.2) is 18.7 Å². The number of hydrogen-bond donors (Lipinski definition) is 0. The minimum absolute atomic E-state index is 0.511. The largest absolute Gasteiger partial charge is 0.469 e. The highest BCUT2D eigenvalue weighted by molar-refractivity contribution is 5.57. The van der Waals surface area contributed by atoms with Crippen LogP contribution in [-0.2, 0) is 19.6 Å². The van der Waals surface area contributed by atoms with Gasteiger partial charge in [-0.1, -0.05) is 109 Å². The Bertz CT molecular complexity index is 1850. The van der Waals surface area contributed by atoms with Crippen molar-refractivity contribution in [1.29, 1.82) is 0 Å². The first-order valence-electron chi connectivity index (χ1n) is 17.4. The van der Waals surface area contributed by atoms with E-state index in [9.17, 15) is 0 Å². The van der Waals surface area contributed by atoms with E-state index in [0.29, 0.717) is 19.6 Å². The van der Waals surface area contributed by atoms with Crippen molar-refractivity contribution in [2.24, 2.45) is 5.41 Å². The topological polar surface area (TPSA) is 37.4 Å². The highest BCUT2D eigenvalue weighted by Crippen LogP contribution is 2.51. The van der Waals surface area contributed by atoms with Crippen LogP contribution in [0.15, 0.2) is 164 Å². The van der Waals surface area contributed by atoms with Crippen molar-refractivity contribution in [1.82, 2.24) is 0 Å². The molecule has 0 fully saturated rings. The fourth-order valence-corrected chi connectivity index (χ4v) is 7.89. The number of hydrogen-bond acceptors (Lipinski definition) is 6. The Balaban J connectivity index is 1.30. The van der Waals surface area contributed by atoms with E-state index in [1.54, 1.807) is 0 Å². The summed E-state index contributed by atoms with van der Waals surface area (Å²) in [5.41, 5.74) is 5.77. The van der Waals surface area contributed by atoms with Gasteiger partial charge in [0, 0.05) is 33.8 Å². The molecule has 0 amide bonds. The molecule has 3 atom stereocenters. The van der Waals surface area contributed by atoms with Gasteiger partial charge in [-0.05, 0) is 61.5 Å². The van der Waals surface area contributed by atoms with Crippen LogP contribution in [0.1, 0.15) is 23.6 Å². The fraction of sp³-hybridized carbons (Fsp3) is 0.182. The molecular formula is C44H39N3O3. The molecule has 3 heterocycles. The van der Waals surface area contributed by atoms with Crippen LogP contribution in [0.25, 0.3) is 0 Å². The second kappa shape index (κ2) is 12.5. The third kappa shape index (κ3) is 5.19. The Morgan fingerprint density at radius 1 is 0.380 bits per heavy atom. The molecule has 6 heteroatoms. The molecule has 248 valence electrons. The van der Waals surface area contributed by atoms with Crippen molar-refractivity contribution in [3.63, 3.8) is 0 Å². The molecular weight excluding hydrogens is 619 g/mol. The minimum Gasteiger partial charge on any atom is -0.469 e. The van der Waals surface area contributed by atoms with E-state index in [2.05, 4.69) is 185 Å². The van der Waals surface area contributed by atoms with E-state index in [1.165, 1.54) is 0 Å². The molecule has 0 N–H and O–H groups in total. The van der Waals surface area contributed by atoms with Crippen molar-refractivity contribution >= 4 is 17.1 Å². The highest BCUT2D eigenvalue weighted by Gasteiger charge is 2.61. The summed E-state index contributed by atoms with van der Waals surface area (Å²) in [4.78, 5) is 7.17. The van der Waals surface area contributed by atoms with Gasteiger partial charge in [-0.15, -0.1) is 0 Å². The Morgan fingerprint density at radius 3 is 0.940 bits per heavy atom. The lowest BCUT2D eigenvalue weighted by atomic mass is 9.78. The van der Waals surface area contributed by atoms with Gasteiger partial charge in [0.05, 0.1) is 19.6 Å². The Labute approximate surface area is 293 Å². The van der Waals surface area contributed by atoms with Crippen LogP contribution in [0, 0.1) is 5.41 Å². The smallest absolute Gasteiger partial charge is 0.189 e. The lowest BCUT2D eigenvalue weighted by molar-refractivity contribution is -0.113. The maximum atomic E-state index is 7.33. The van der Waals surface area contributed by atoms with Crippen molar-refractivity contribution in [2.75, 3.05) is 14.7 Å². The molecule has 0 aliphatic carbocycles. The number of benzene rings is 6. The molecule has 9 rings (SSSR count). The molecule has 6 aromatic rings. The molecule has 0 saturated carbocycles. The lowest BCUT2D eigenvalue weighted by Gasteiger charge is -2.58. The second-order valence-electron chi connectivity index (χ2n) is 13.5. The zero-order valence-electron chi connectivity index (χ0n) is 28.0. The molecule has 0 bridgehead atoms. The molecule has 0 saturated heterocycles. The highest BCUT2D eigenvalue weighted by atomic mass is 16.5. The number of rotatable bonds is 6. The standard InChI is InChI=1S/C44H39N3O3/c1-44(41-45(35-20-5-2-6-21-35)29-32-17-11-14-26-38(32)48-41,42-46(36-22-7-3-8-23-36)30-33-18-12-15-27-39(33)49-42)43-47(37-24-9-4-10-25-37)31-34-19-13-16-28-40(34)50-43/h2-28,41-43H,29-31H2,1H3. The summed E-state index contributed by atoms with van der Waals surface area (Å²) >= 11 is 0. The third-order valence-corrected chi connectivity index (χ3v) is 10.4. The van der Waals surface area contributed by atoms with E-state index in [-0.39, 0.29) is 0 Å². The predicted molar refractivity (Wildman–Crippen MR) is 199 cm³/mol. The number of nitrogens with zero attached hydrogens (tertiary/aromatic N) is 3. The van der Waals surface area contributed by atoms with Crippen molar-refractivity contribution < 1.29 is 14.2 Å². The van der Waals surface area contributed by atoms with Gasteiger partial charge in [-0.3, -0.25) is 0 Å². The van der Waals surface area contributed by atoms with Gasteiger partial charge in [-0.2, -0.15) is 0 Å². The van der Waals surface area contributed by atoms with Gasteiger partial charge in [0.2, 0.25) is 0 Å². The number of anilines is 3. The van der Waals surface area contributed by atoms with Crippen molar-refractivity contribution in [2.45, 2.75) is 45.2 Å². The van der Waals surface area contributed by atoms with E-state index in [1.807, 2.05) is 0 Å². The van der Waals surface area contributed by atoms with Crippen LogP contribution >= 0.6 is 0 Å². The van der Waals surface area contributed by atoms with Gasteiger partial charge in [0.1, 0.15) is 22.7 Å². The van der Waals surface area contributed by atoms with Gasteiger partial charge in [-0.25, -0.2) is 0 Å². The minimum atomic E-state index is -0.865. The van der Waals surface area contributed by atoms with E-state index in [0.717, 1.165) is 51.0 Å². The molecule has 3 aliphatic rings. The van der Waals surface area contributed by atoms with Crippen LogP contribution in [0.5, 0.6) is 17.2 Å². The van der Waals surface area contributed by atoms with Crippen LogP contribution < -0.4 is 28.9 Å². The maximum Gasteiger partial charge on any atom is 0.189 e. The maximum absolute atomic E-state index is 7.33. The first-order chi connectivity index (χ1) is 24.7. The average Bonchev–Trinajstić information content (AvgIpc) is 3.20. The molecule has 0 radical (unpaired) electrons. The SMILES string of the molecule is CC(C1Oc2ccccc2CN1c1ccccc1)(C1Oc2ccccc2CN1c1ccccc1)C1Oc2ccccc2CN1c1ccccc1. The van der Waals surface area contributed by atoms with Gasteiger partial charge >= 0.3 is 0 Å². The second-order valence-corrected chi connectivity index (χ2v) is 13.5. The quantitative estimate of drug-likeness (QED) is 0.178. The third-order valence-electron chi connectivity index (χ3n) is 10.4. The molecule has 3 aliphatic heterocycles. The van der Waals surface area contributed by atoms with Crippen molar-refractivity contribution in [3.8, 4) is 17.2 Å². The van der Waals surface area contributed by atoms with Crippen LogP contribution in [-0.4, -0.2) is 18.7 Å². The first kappa shape index (κ1) is 30.2. The summed E-state index contributed by atoms with van der Waals surface area (Å²) < 4.78 is 22.0. The lowest BCUT2D eigenvalue weighted by Crippen LogP contribution is -2.72. The van der Waals surface area contributed by atoms with Crippen molar-refractivity contribution in [3.05, 3.63) is 180 Å². The van der Waals surface area contributed by atoms with E-state index < -0.39 is 24.1 Å². The number of fused-ring (bicyclic) bond motifs is 3. The summed E-state index contributed by atoms with van der Waals surface area (Å²) in [7, 11) is 0. The molecule has 0 spiro atoms. The molecule has 6 nitrogen and oxygen atoms in total. The van der Waals surface area contributed by atoms with Crippen LogP contribution in [0.4, 0.5) is 17.1 Å². The summed E-state index contributed by atoms with van der Waals surface area (Å²) in [5, 5.41) is 0. The normalized spacial score (nSPS) is 20.6. The van der Waals surface area contributed by atoms with Crippen LogP contribution in [0.2, 0.25) is 0 Å². The Kier molecular flexibility index (Phi) is 7.57. The Hall–Kier alpha value is -5.88. The summed E-state index contributed by atoms with van der Waals surface area (Å²) in [6, 6.07) is 56.9. The Morgan fingerprint density at radius 2 is 0.640 bits per heavy atom. The van der Waals surface area contributed by atoms with Crippen LogP contribution in [0.3, 0.4) is 0 Å². The van der Waals surface area contributed by atoms with E-state index >= 15 is 0 Å². The predicted octanol–water partition coefficient (Wildman–Crippen LogP) is 9.27. The zero-order chi connectivity index (χ0) is 33.5. The molecule has 0 aromatic heterocycles. The molecule has 50 heavy (non-hydrogen) atoms. The molecule has 3 unspecified atom stereocenters. The summed E-state index contributed by atoms with van der Waals surface area (Å²) in [6.07, 6.45) is -1.53. The van der Waals surface area contributed by atoms with E-state index in [4.69, 9.17) is 14.2 Å². The number of para-hydroxylation sites is 6. The monoisotopic (exact) mass is 657 g/mol. The molecule has 6 aromatic carbocycles.